The van der Waals surface area contributed by atoms with Gasteiger partial charge in [-0.05, 0) is 105 Å². The van der Waals surface area contributed by atoms with Crippen molar-refractivity contribution in [2.45, 2.75) is 6.17 Å². The summed E-state index contributed by atoms with van der Waals surface area (Å²) in [6, 6.07) is 79.3. The van der Waals surface area contributed by atoms with Gasteiger partial charge in [0.2, 0.25) is 12.3 Å². The molecule has 0 amide bonds. The molecular weight excluding hydrogens is 765 g/mol. The van der Waals surface area contributed by atoms with Crippen molar-refractivity contribution in [2.75, 3.05) is 6.54 Å². The third-order valence-corrected chi connectivity index (χ3v) is 12.9. The SMILES string of the molecule is N/C=C\C(c1cccc(-c2ccc(-c3ccccc3)cc2)c1)=[N+]1\CC1n1c2ccccc2c2cc(-c3ccc4c(c3)c3ccccc3n4-c3ccc(-c4ccccc4)cc3)ccc21. The molecule has 0 bridgehead atoms. The lowest BCUT2D eigenvalue weighted by Gasteiger charge is -2.10. The summed E-state index contributed by atoms with van der Waals surface area (Å²) in [6.07, 6.45) is 3.87. The van der Waals surface area contributed by atoms with Gasteiger partial charge in [-0.3, -0.25) is 4.57 Å². The lowest BCUT2D eigenvalue weighted by atomic mass is 9.98. The van der Waals surface area contributed by atoms with E-state index in [-0.39, 0.29) is 6.17 Å². The van der Waals surface area contributed by atoms with E-state index in [1.165, 1.54) is 88.1 Å². The Morgan fingerprint density at radius 1 is 0.413 bits per heavy atom. The van der Waals surface area contributed by atoms with Crippen LogP contribution in [-0.4, -0.2) is 26.0 Å². The molecule has 4 heteroatoms. The number of nitrogens with zero attached hydrogens (tertiary/aromatic N) is 3. The number of benzene rings is 9. The van der Waals surface area contributed by atoms with E-state index in [9.17, 15) is 0 Å². The molecule has 1 fully saturated rings. The van der Waals surface area contributed by atoms with Gasteiger partial charge in [-0.25, -0.2) is 0 Å². The molecule has 1 atom stereocenters. The maximum atomic E-state index is 6.16. The Balaban J connectivity index is 0.903. The van der Waals surface area contributed by atoms with E-state index in [4.69, 9.17) is 5.73 Å². The van der Waals surface area contributed by atoms with Crippen LogP contribution in [0.15, 0.2) is 231 Å². The lowest BCUT2D eigenvalue weighted by Crippen LogP contribution is -2.08. The first-order valence-corrected chi connectivity index (χ1v) is 21.7. The Hall–Kier alpha value is -8.21. The fraction of sp³-hybridized carbons (Fsp3) is 0.0339. The predicted octanol–water partition coefficient (Wildman–Crippen LogP) is 14.0. The third-order valence-electron chi connectivity index (χ3n) is 12.9. The monoisotopic (exact) mass is 807 g/mol. The molecule has 298 valence electrons. The normalized spacial score (nSPS) is 14.6. The van der Waals surface area contributed by atoms with Gasteiger partial charge in [0.1, 0.15) is 0 Å². The molecule has 3 heterocycles. The smallest absolute Gasteiger partial charge is 0.293 e. The van der Waals surface area contributed by atoms with Crippen LogP contribution < -0.4 is 5.73 Å². The molecule has 9 aromatic carbocycles. The highest BCUT2D eigenvalue weighted by Crippen LogP contribution is 2.41. The van der Waals surface area contributed by atoms with Crippen LogP contribution in [0.3, 0.4) is 0 Å². The van der Waals surface area contributed by atoms with E-state index in [0.29, 0.717) is 0 Å². The van der Waals surface area contributed by atoms with Crippen molar-refractivity contribution < 1.29 is 4.58 Å². The molecule has 12 rings (SSSR count). The quantitative estimate of drug-likeness (QED) is 0.121. The number of fused-ring (bicyclic) bond motifs is 6. The molecule has 11 aromatic rings. The average Bonchev–Trinajstić information content (AvgIpc) is 3.96. The van der Waals surface area contributed by atoms with Crippen molar-refractivity contribution in [1.82, 2.24) is 9.13 Å². The summed E-state index contributed by atoms with van der Waals surface area (Å²) in [5.41, 5.74) is 24.1. The zero-order valence-electron chi connectivity index (χ0n) is 34.6. The summed E-state index contributed by atoms with van der Waals surface area (Å²) in [5, 5.41) is 5.01. The van der Waals surface area contributed by atoms with Crippen LogP contribution in [0.25, 0.3) is 93.8 Å². The zero-order valence-corrected chi connectivity index (χ0v) is 34.6. The standard InChI is InChI=1S/C59H42N4/c60-35-34-54(48-17-11-16-45(36-48)44-24-22-42(23-25-44)40-12-3-1-4-13-40)61-39-59(61)63-56-21-10-8-19-51(56)53-38-47(29-33-58(53)63)46-28-32-57-52(37-46)50-18-7-9-20-55(50)62(57)49-30-26-43(27-31-49)41-14-5-2-6-15-41/h1-38,59-60H,39H2/p+1. The molecule has 0 saturated carbocycles. The number of hydrogen-bond acceptors (Lipinski definition) is 1. The Morgan fingerprint density at radius 2 is 0.857 bits per heavy atom. The highest BCUT2D eigenvalue weighted by Gasteiger charge is 2.46. The van der Waals surface area contributed by atoms with E-state index >= 15 is 0 Å². The second kappa shape index (κ2) is 15.1. The number of hydrogen-bond donors (Lipinski definition) is 1. The number of para-hydroxylation sites is 2. The van der Waals surface area contributed by atoms with Crippen LogP contribution in [-0.2, 0) is 0 Å². The van der Waals surface area contributed by atoms with Gasteiger partial charge in [-0.15, -0.1) is 0 Å². The van der Waals surface area contributed by atoms with Gasteiger partial charge in [0.05, 0.1) is 22.1 Å². The fourth-order valence-electron chi connectivity index (χ4n) is 9.77. The largest absolute Gasteiger partial charge is 0.404 e. The van der Waals surface area contributed by atoms with Gasteiger partial charge in [-0.2, -0.15) is 4.58 Å². The highest BCUT2D eigenvalue weighted by atomic mass is 15.4. The lowest BCUT2D eigenvalue weighted by molar-refractivity contribution is -0.373. The zero-order chi connectivity index (χ0) is 41.9. The molecule has 0 spiro atoms. The van der Waals surface area contributed by atoms with Crippen LogP contribution >= 0.6 is 0 Å². The van der Waals surface area contributed by atoms with Gasteiger partial charge in [0.25, 0.3) is 6.17 Å². The molecule has 2 aromatic heterocycles. The Labute approximate surface area is 366 Å². The fourth-order valence-corrected chi connectivity index (χ4v) is 9.77. The summed E-state index contributed by atoms with van der Waals surface area (Å²) in [4.78, 5) is 0. The Kier molecular flexibility index (Phi) is 8.75. The number of nitrogens with two attached hydrogens (primary N) is 1. The molecule has 63 heavy (non-hydrogen) atoms. The van der Waals surface area contributed by atoms with Crippen LogP contribution in [0, 0.1) is 0 Å². The third kappa shape index (κ3) is 6.35. The molecule has 1 aliphatic rings. The minimum atomic E-state index is 0.155. The Bertz CT molecular complexity index is 3570. The summed E-state index contributed by atoms with van der Waals surface area (Å²) >= 11 is 0. The molecular formula is C59H43N4+. The van der Waals surface area contributed by atoms with Crippen LogP contribution in [0.5, 0.6) is 0 Å². The highest BCUT2D eigenvalue weighted by molar-refractivity contribution is 6.12. The first-order valence-electron chi connectivity index (χ1n) is 21.7. The molecule has 0 radical (unpaired) electrons. The molecule has 2 N–H and O–H groups in total. The van der Waals surface area contributed by atoms with Crippen molar-refractivity contribution in [3.05, 3.63) is 236 Å². The van der Waals surface area contributed by atoms with Gasteiger partial charge >= 0.3 is 0 Å². The summed E-state index contributed by atoms with van der Waals surface area (Å²) < 4.78 is 7.37. The first kappa shape index (κ1) is 36.6. The van der Waals surface area contributed by atoms with Crippen molar-refractivity contribution in [3.63, 3.8) is 0 Å². The average molecular weight is 808 g/mol. The van der Waals surface area contributed by atoms with Crippen molar-refractivity contribution in [1.29, 1.82) is 0 Å². The summed E-state index contributed by atoms with van der Waals surface area (Å²) in [7, 11) is 0. The van der Waals surface area contributed by atoms with E-state index in [1.54, 1.807) is 6.20 Å². The molecule has 4 nitrogen and oxygen atoms in total. The van der Waals surface area contributed by atoms with Gasteiger partial charge in [0.15, 0.2) is 0 Å². The van der Waals surface area contributed by atoms with Crippen molar-refractivity contribution >= 4 is 49.3 Å². The number of rotatable bonds is 8. The van der Waals surface area contributed by atoms with Crippen molar-refractivity contribution in [3.8, 4) is 50.2 Å². The topological polar surface area (TPSA) is 38.9 Å². The van der Waals surface area contributed by atoms with Crippen molar-refractivity contribution in [2.24, 2.45) is 5.73 Å². The second-order valence-electron chi connectivity index (χ2n) is 16.5. The second-order valence-corrected chi connectivity index (χ2v) is 16.5. The number of allylic oxidation sites excluding steroid dienone is 1. The molecule has 0 aliphatic carbocycles. The summed E-state index contributed by atoms with van der Waals surface area (Å²) in [6.45, 7) is 0.890. The number of aromatic nitrogens is 2. The van der Waals surface area contributed by atoms with Crippen LogP contribution in [0.4, 0.5) is 0 Å². The minimum absolute atomic E-state index is 0.155. The van der Waals surface area contributed by atoms with E-state index in [2.05, 4.69) is 238 Å². The maximum Gasteiger partial charge on any atom is 0.293 e. The van der Waals surface area contributed by atoms with E-state index in [1.807, 2.05) is 0 Å². The maximum absolute atomic E-state index is 6.16. The van der Waals surface area contributed by atoms with E-state index in [0.717, 1.165) is 23.5 Å². The molecule has 1 aliphatic heterocycles. The van der Waals surface area contributed by atoms with Crippen LogP contribution in [0.1, 0.15) is 11.7 Å². The molecule has 1 unspecified atom stereocenters. The Morgan fingerprint density at radius 3 is 1.51 bits per heavy atom. The van der Waals surface area contributed by atoms with Gasteiger partial charge in [-0.1, -0.05) is 158 Å². The predicted molar refractivity (Wildman–Crippen MR) is 264 cm³/mol. The van der Waals surface area contributed by atoms with Crippen LogP contribution in [0.2, 0.25) is 0 Å². The minimum Gasteiger partial charge on any atom is -0.404 e. The van der Waals surface area contributed by atoms with E-state index < -0.39 is 0 Å². The van der Waals surface area contributed by atoms with Gasteiger partial charge in [0, 0.05) is 45.1 Å². The van der Waals surface area contributed by atoms with Gasteiger partial charge < -0.3 is 10.3 Å². The first-order chi connectivity index (χ1) is 31.2. The summed E-state index contributed by atoms with van der Waals surface area (Å²) in [5.74, 6) is 0. The molecule has 1 saturated heterocycles.